The Labute approximate surface area is 101 Å². The number of phenols is 1. The van der Waals surface area contributed by atoms with E-state index in [0.29, 0.717) is 11.6 Å². The normalized spacial score (nSPS) is 24.3. The van der Waals surface area contributed by atoms with E-state index in [1.54, 1.807) is 12.1 Å². The van der Waals surface area contributed by atoms with Crippen molar-refractivity contribution >= 4 is 5.91 Å². The fourth-order valence-electron chi connectivity index (χ4n) is 2.14. The number of nitrogens with one attached hydrogen (secondary N) is 2. The van der Waals surface area contributed by atoms with Crippen LogP contribution in [0.1, 0.15) is 30.1 Å². The molecule has 0 aliphatic carbocycles. The molecule has 0 spiro atoms. The van der Waals surface area contributed by atoms with Crippen LogP contribution in [0.4, 0.5) is 0 Å². The lowest BCUT2D eigenvalue weighted by molar-refractivity contribution is 0.0925. The Bertz CT molecular complexity index is 389. The number of amides is 1. The summed E-state index contributed by atoms with van der Waals surface area (Å²) < 4.78 is 0. The van der Waals surface area contributed by atoms with Gasteiger partial charge in [0.2, 0.25) is 0 Å². The minimum Gasteiger partial charge on any atom is -0.508 e. The molecule has 4 nitrogen and oxygen atoms in total. The van der Waals surface area contributed by atoms with Crippen LogP contribution in [0.5, 0.6) is 5.75 Å². The predicted octanol–water partition coefficient (Wildman–Crippen LogP) is 1.26. The van der Waals surface area contributed by atoms with Crippen molar-refractivity contribution in [1.29, 1.82) is 0 Å². The highest BCUT2D eigenvalue weighted by Gasteiger charge is 2.20. The van der Waals surface area contributed by atoms with E-state index in [2.05, 4.69) is 17.6 Å². The Morgan fingerprint density at radius 1 is 1.41 bits per heavy atom. The van der Waals surface area contributed by atoms with Crippen molar-refractivity contribution in [3.63, 3.8) is 0 Å². The Morgan fingerprint density at radius 2 is 2.12 bits per heavy atom. The van der Waals surface area contributed by atoms with Gasteiger partial charge in [0.1, 0.15) is 5.75 Å². The lowest BCUT2D eigenvalue weighted by atomic mass is 10.0. The molecule has 92 valence electrons. The Kier molecular flexibility index (Phi) is 3.64. The molecule has 1 saturated heterocycles. The molecule has 2 atom stereocenters. The molecule has 1 aliphatic rings. The minimum absolute atomic E-state index is 0.0656. The van der Waals surface area contributed by atoms with Crippen LogP contribution >= 0.6 is 0 Å². The zero-order valence-corrected chi connectivity index (χ0v) is 9.94. The fraction of sp³-hybridized carbons (Fsp3) is 0.462. The molecular formula is C13H18N2O2. The van der Waals surface area contributed by atoms with Gasteiger partial charge in [-0.1, -0.05) is 0 Å². The van der Waals surface area contributed by atoms with Crippen LogP contribution in [0.15, 0.2) is 24.3 Å². The topological polar surface area (TPSA) is 61.4 Å². The summed E-state index contributed by atoms with van der Waals surface area (Å²) in [5, 5.41) is 15.5. The van der Waals surface area contributed by atoms with E-state index >= 15 is 0 Å². The van der Waals surface area contributed by atoms with E-state index in [0.717, 1.165) is 19.4 Å². The number of hydrogen-bond acceptors (Lipinski definition) is 3. The van der Waals surface area contributed by atoms with Crippen molar-refractivity contribution in [1.82, 2.24) is 10.6 Å². The average molecular weight is 234 g/mol. The first-order valence-electron chi connectivity index (χ1n) is 5.98. The zero-order chi connectivity index (χ0) is 12.3. The molecule has 4 heteroatoms. The smallest absolute Gasteiger partial charge is 0.251 e. The second kappa shape index (κ2) is 5.19. The third-order valence-corrected chi connectivity index (χ3v) is 3.09. The van der Waals surface area contributed by atoms with Gasteiger partial charge in [-0.25, -0.2) is 0 Å². The molecule has 17 heavy (non-hydrogen) atoms. The number of carbonyl (C=O) groups is 1. The quantitative estimate of drug-likeness (QED) is 0.722. The molecule has 0 aromatic heterocycles. The van der Waals surface area contributed by atoms with Crippen LogP contribution in [0, 0.1) is 0 Å². The molecular weight excluding hydrogens is 216 g/mol. The summed E-state index contributed by atoms with van der Waals surface area (Å²) in [4.78, 5) is 11.9. The molecule has 0 saturated carbocycles. The van der Waals surface area contributed by atoms with Gasteiger partial charge in [0, 0.05) is 17.6 Å². The van der Waals surface area contributed by atoms with Crippen LogP contribution in [0.25, 0.3) is 0 Å². The number of hydrogen-bond donors (Lipinski definition) is 3. The monoisotopic (exact) mass is 234 g/mol. The van der Waals surface area contributed by atoms with Gasteiger partial charge < -0.3 is 15.7 Å². The lowest BCUT2D eigenvalue weighted by Gasteiger charge is -2.28. The maximum atomic E-state index is 11.9. The second-order valence-electron chi connectivity index (χ2n) is 4.60. The van der Waals surface area contributed by atoms with Gasteiger partial charge in [-0.15, -0.1) is 0 Å². The molecule has 1 fully saturated rings. The number of piperidine rings is 1. The highest BCUT2D eigenvalue weighted by atomic mass is 16.3. The SMILES string of the molecule is CC1CC(NC(=O)c2ccc(O)cc2)CCN1. The molecule has 3 N–H and O–H groups in total. The molecule has 1 aromatic carbocycles. The third kappa shape index (κ3) is 3.20. The van der Waals surface area contributed by atoms with Crippen LogP contribution in [-0.4, -0.2) is 29.6 Å². The fourth-order valence-corrected chi connectivity index (χ4v) is 2.14. The van der Waals surface area contributed by atoms with Crippen molar-refractivity contribution in [2.45, 2.75) is 31.8 Å². The molecule has 2 unspecified atom stereocenters. The first kappa shape index (κ1) is 11.9. The number of carbonyl (C=O) groups excluding carboxylic acids is 1. The standard InChI is InChI=1S/C13H18N2O2/c1-9-8-11(6-7-14-9)15-13(17)10-2-4-12(16)5-3-10/h2-5,9,11,14,16H,6-8H2,1H3,(H,15,17). The molecule has 1 heterocycles. The number of rotatable bonds is 2. The first-order chi connectivity index (χ1) is 8.15. The maximum Gasteiger partial charge on any atom is 0.251 e. The van der Waals surface area contributed by atoms with Crippen LogP contribution in [0.3, 0.4) is 0 Å². The summed E-state index contributed by atoms with van der Waals surface area (Å²) >= 11 is 0. The zero-order valence-electron chi connectivity index (χ0n) is 9.94. The van der Waals surface area contributed by atoms with Gasteiger partial charge >= 0.3 is 0 Å². The molecule has 1 amide bonds. The van der Waals surface area contributed by atoms with E-state index in [1.807, 2.05) is 0 Å². The van der Waals surface area contributed by atoms with E-state index in [9.17, 15) is 4.79 Å². The van der Waals surface area contributed by atoms with Crippen LogP contribution < -0.4 is 10.6 Å². The van der Waals surface area contributed by atoms with Crippen molar-refractivity contribution in [2.24, 2.45) is 0 Å². The average Bonchev–Trinajstić information content (AvgIpc) is 2.29. The Hall–Kier alpha value is -1.55. The van der Waals surface area contributed by atoms with Gasteiger partial charge in [0.05, 0.1) is 0 Å². The van der Waals surface area contributed by atoms with Gasteiger partial charge in [-0.3, -0.25) is 4.79 Å². The van der Waals surface area contributed by atoms with Crippen molar-refractivity contribution in [3.05, 3.63) is 29.8 Å². The van der Waals surface area contributed by atoms with Gasteiger partial charge in [-0.05, 0) is 50.6 Å². The maximum absolute atomic E-state index is 11.9. The van der Waals surface area contributed by atoms with E-state index in [4.69, 9.17) is 5.11 Å². The van der Waals surface area contributed by atoms with Crippen molar-refractivity contribution in [2.75, 3.05) is 6.54 Å². The first-order valence-corrected chi connectivity index (χ1v) is 5.98. The molecule has 1 aliphatic heterocycles. The number of phenolic OH excluding ortho intramolecular Hbond substituents is 1. The number of benzene rings is 1. The molecule has 0 bridgehead atoms. The highest BCUT2D eigenvalue weighted by Crippen LogP contribution is 2.12. The predicted molar refractivity (Wildman–Crippen MR) is 66.1 cm³/mol. The molecule has 1 aromatic rings. The summed E-state index contributed by atoms with van der Waals surface area (Å²) in [7, 11) is 0. The van der Waals surface area contributed by atoms with Crippen LogP contribution in [0.2, 0.25) is 0 Å². The van der Waals surface area contributed by atoms with Crippen LogP contribution in [-0.2, 0) is 0 Å². The summed E-state index contributed by atoms with van der Waals surface area (Å²) in [5.74, 6) is 0.112. The van der Waals surface area contributed by atoms with Gasteiger partial charge in [0.15, 0.2) is 0 Å². The Morgan fingerprint density at radius 3 is 2.76 bits per heavy atom. The third-order valence-electron chi connectivity index (χ3n) is 3.09. The van der Waals surface area contributed by atoms with Crippen molar-refractivity contribution in [3.8, 4) is 5.75 Å². The van der Waals surface area contributed by atoms with E-state index in [1.165, 1.54) is 12.1 Å². The van der Waals surface area contributed by atoms with Crippen molar-refractivity contribution < 1.29 is 9.90 Å². The summed E-state index contributed by atoms with van der Waals surface area (Å²) in [5.41, 5.74) is 0.592. The summed E-state index contributed by atoms with van der Waals surface area (Å²) in [6.07, 6.45) is 1.93. The highest BCUT2D eigenvalue weighted by molar-refractivity contribution is 5.94. The van der Waals surface area contributed by atoms with Gasteiger partial charge in [0.25, 0.3) is 5.91 Å². The lowest BCUT2D eigenvalue weighted by Crippen LogP contribution is -2.46. The molecule has 2 rings (SSSR count). The minimum atomic E-state index is -0.0656. The second-order valence-corrected chi connectivity index (χ2v) is 4.60. The van der Waals surface area contributed by atoms with E-state index < -0.39 is 0 Å². The summed E-state index contributed by atoms with van der Waals surface area (Å²) in [6.45, 7) is 3.07. The number of aromatic hydroxyl groups is 1. The van der Waals surface area contributed by atoms with Gasteiger partial charge in [-0.2, -0.15) is 0 Å². The Balaban J connectivity index is 1.94. The van der Waals surface area contributed by atoms with E-state index in [-0.39, 0.29) is 17.7 Å². The largest absolute Gasteiger partial charge is 0.508 e. The summed E-state index contributed by atoms with van der Waals surface area (Å²) in [6, 6.07) is 7.02. The molecule has 0 radical (unpaired) electrons.